The third-order valence-electron chi connectivity index (χ3n) is 3.28. The molecule has 3 heteroatoms. The molecule has 2 aromatic carbocycles. The summed E-state index contributed by atoms with van der Waals surface area (Å²) >= 11 is 0. The van der Waals surface area contributed by atoms with Gasteiger partial charge in [0.25, 0.3) is 0 Å². The summed E-state index contributed by atoms with van der Waals surface area (Å²) in [5.74, 6) is 0.0273. The van der Waals surface area contributed by atoms with Gasteiger partial charge in [-0.3, -0.25) is 0 Å². The quantitative estimate of drug-likeness (QED) is 0.906. The van der Waals surface area contributed by atoms with Gasteiger partial charge in [0.05, 0.1) is 12.7 Å². The molecule has 0 aliphatic carbocycles. The van der Waals surface area contributed by atoms with Gasteiger partial charge in [-0.05, 0) is 40.8 Å². The number of carboxylic acid groups (broad SMARTS) is 1. The Morgan fingerprint density at radius 2 is 1.85 bits per heavy atom. The maximum absolute atomic E-state index is 11.2. The van der Waals surface area contributed by atoms with E-state index in [4.69, 9.17) is 9.84 Å². The average Bonchev–Trinajstić information content (AvgIpc) is 2.46. The Morgan fingerprint density at radius 3 is 2.45 bits per heavy atom. The van der Waals surface area contributed by atoms with E-state index < -0.39 is 5.97 Å². The van der Waals surface area contributed by atoms with Crippen molar-refractivity contribution in [3.63, 3.8) is 0 Å². The Kier molecular flexibility index (Phi) is 4.08. The van der Waals surface area contributed by atoms with Gasteiger partial charge in [0.2, 0.25) is 0 Å². The standard InChI is InChI=1S/C17H18O3/c1-11(2)12-5-4-6-13(7-12)14-8-15(17(18)19)10-16(9-14)20-3/h4-11H,1-3H3,(H,18,19). The first-order valence-corrected chi connectivity index (χ1v) is 6.54. The van der Waals surface area contributed by atoms with Gasteiger partial charge in [0, 0.05) is 0 Å². The highest BCUT2D eigenvalue weighted by molar-refractivity contribution is 5.90. The van der Waals surface area contributed by atoms with Gasteiger partial charge >= 0.3 is 5.97 Å². The lowest BCUT2D eigenvalue weighted by Crippen LogP contribution is -1.98. The SMILES string of the molecule is COc1cc(C(=O)O)cc(-c2cccc(C(C)C)c2)c1. The Labute approximate surface area is 118 Å². The van der Waals surface area contributed by atoms with Crippen LogP contribution in [0, 0.1) is 0 Å². The molecule has 0 aromatic heterocycles. The predicted octanol–water partition coefficient (Wildman–Crippen LogP) is 4.18. The van der Waals surface area contributed by atoms with E-state index in [0.717, 1.165) is 11.1 Å². The fourth-order valence-electron chi connectivity index (χ4n) is 2.08. The summed E-state index contributed by atoms with van der Waals surface area (Å²) in [7, 11) is 1.54. The molecule has 0 aliphatic rings. The molecule has 20 heavy (non-hydrogen) atoms. The molecule has 0 saturated heterocycles. The van der Waals surface area contributed by atoms with Crippen LogP contribution in [0.5, 0.6) is 5.75 Å². The molecule has 0 radical (unpaired) electrons. The van der Waals surface area contributed by atoms with Crippen molar-refractivity contribution in [3.8, 4) is 16.9 Å². The van der Waals surface area contributed by atoms with Crippen LogP contribution in [0.2, 0.25) is 0 Å². The van der Waals surface area contributed by atoms with E-state index in [1.807, 2.05) is 18.2 Å². The summed E-state index contributed by atoms with van der Waals surface area (Å²) < 4.78 is 5.18. The second-order valence-corrected chi connectivity index (χ2v) is 5.04. The minimum absolute atomic E-state index is 0.231. The molecule has 0 fully saturated rings. The molecule has 2 rings (SSSR count). The normalized spacial score (nSPS) is 10.6. The summed E-state index contributed by atoms with van der Waals surface area (Å²) in [4.78, 5) is 11.2. The first-order valence-electron chi connectivity index (χ1n) is 6.54. The third kappa shape index (κ3) is 2.99. The first kappa shape index (κ1) is 14.1. The maximum atomic E-state index is 11.2. The molecular weight excluding hydrogens is 252 g/mol. The Morgan fingerprint density at radius 1 is 1.10 bits per heavy atom. The van der Waals surface area contributed by atoms with E-state index in [1.54, 1.807) is 6.07 Å². The summed E-state index contributed by atoms with van der Waals surface area (Å²) in [6, 6.07) is 13.2. The summed E-state index contributed by atoms with van der Waals surface area (Å²) in [5, 5.41) is 9.16. The van der Waals surface area contributed by atoms with Crippen LogP contribution in [0.4, 0.5) is 0 Å². The van der Waals surface area contributed by atoms with Crippen molar-refractivity contribution in [1.29, 1.82) is 0 Å². The molecule has 0 aliphatic heterocycles. The number of methoxy groups -OCH3 is 1. The largest absolute Gasteiger partial charge is 0.497 e. The molecule has 3 nitrogen and oxygen atoms in total. The number of hydrogen-bond donors (Lipinski definition) is 1. The lowest BCUT2D eigenvalue weighted by atomic mass is 9.96. The minimum Gasteiger partial charge on any atom is -0.497 e. The van der Waals surface area contributed by atoms with Gasteiger partial charge in [-0.2, -0.15) is 0 Å². The molecule has 1 N–H and O–H groups in total. The second-order valence-electron chi connectivity index (χ2n) is 5.04. The van der Waals surface area contributed by atoms with Crippen molar-refractivity contribution < 1.29 is 14.6 Å². The van der Waals surface area contributed by atoms with Gasteiger partial charge in [-0.1, -0.05) is 38.1 Å². The van der Waals surface area contributed by atoms with Crippen molar-refractivity contribution >= 4 is 5.97 Å². The van der Waals surface area contributed by atoms with Crippen LogP contribution in [0.3, 0.4) is 0 Å². The Bertz CT molecular complexity index is 630. The summed E-state index contributed by atoms with van der Waals surface area (Å²) in [6.07, 6.45) is 0. The predicted molar refractivity (Wildman–Crippen MR) is 79.5 cm³/mol. The lowest BCUT2D eigenvalue weighted by molar-refractivity contribution is 0.0696. The zero-order valence-electron chi connectivity index (χ0n) is 11.9. The van der Waals surface area contributed by atoms with Crippen molar-refractivity contribution in [2.45, 2.75) is 19.8 Å². The van der Waals surface area contributed by atoms with E-state index >= 15 is 0 Å². The van der Waals surface area contributed by atoms with Crippen LogP contribution in [0.15, 0.2) is 42.5 Å². The van der Waals surface area contributed by atoms with Crippen molar-refractivity contribution in [3.05, 3.63) is 53.6 Å². The fourth-order valence-corrected chi connectivity index (χ4v) is 2.08. The highest BCUT2D eigenvalue weighted by Crippen LogP contribution is 2.28. The van der Waals surface area contributed by atoms with Crippen LogP contribution in [0.25, 0.3) is 11.1 Å². The van der Waals surface area contributed by atoms with Gasteiger partial charge < -0.3 is 9.84 Å². The Balaban J connectivity index is 2.54. The van der Waals surface area contributed by atoms with Gasteiger partial charge in [0.15, 0.2) is 0 Å². The van der Waals surface area contributed by atoms with E-state index in [2.05, 4.69) is 26.0 Å². The molecule has 104 valence electrons. The average molecular weight is 270 g/mol. The first-order chi connectivity index (χ1) is 9.51. The number of carboxylic acids is 1. The monoisotopic (exact) mass is 270 g/mol. The molecule has 0 atom stereocenters. The highest BCUT2D eigenvalue weighted by Gasteiger charge is 2.09. The second kappa shape index (κ2) is 5.78. The number of carbonyl (C=O) groups is 1. The van der Waals surface area contributed by atoms with Gasteiger partial charge in [0.1, 0.15) is 5.75 Å². The zero-order valence-corrected chi connectivity index (χ0v) is 11.9. The van der Waals surface area contributed by atoms with Crippen LogP contribution in [-0.4, -0.2) is 18.2 Å². The molecule has 0 unspecified atom stereocenters. The highest BCUT2D eigenvalue weighted by atomic mass is 16.5. The molecule has 0 heterocycles. The van der Waals surface area contributed by atoms with E-state index in [9.17, 15) is 4.79 Å². The Hall–Kier alpha value is -2.29. The van der Waals surface area contributed by atoms with Gasteiger partial charge in [-0.25, -0.2) is 4.79 Å². The number of benzene rings is 2. The van der Waals surface area contributed by atoms with E-state index in [-0.39, 0.29) is 5.56 Å². The lowest BCUT2D eigenvalue weighted by Gasteiger charge is -2.10. The van der Waals surface area contributed by atoms with Crippen LogP contribution >= 0.6 is 0 Å². The topological polar surface area (TPSA) is 46.5 Å². The molecule has 0 spiro atoms. The van der Waals surface area contributed by atoms with Crippen molar-refractivity contribution in [2.75, 3.05) is 7.11 Å². The van der Waals surface area contributed by atoms with E-state index in [1.165, 1.54) is 18.7 Å². The summed E-state index contributed by atoms with van der Waals surface area (Å²) in [6.45, 7) is 4.26. The zero-order chi connectivity index (χ0) is 14.7. The van der Waals surface area contributed by atoms with Crippen LogP contribution in [-0.2, 0) is 0 Å². The number of aromatic carboxylic acids is 1. The minimum atomic E-state index is -0.954. The van der Waals surface area contributed by atoms with Crippen LogP contribution < -0.4 is 4.74 Å². The summed E-state index contributed by atoms with van der Waals surface area (Å²) in [5.41, 5.74) is 3.30. The molecular formula is C17H18O3. The molecule has 0 saturated carbocycles. The smallest absolute Gasteiger partial charge is 0.335 e. The van der Waals surface area contributed by atoms with Crippen molar-refractivity contribution in [2.24, 2.45) is 0 Å². The third-order valence-corrected chi connectivity index (χ3v) is 3.28. The molecule has 0 bridgehead atoms. The number of hydrogen-bond acceptors (Lipinski definition) is 2. The molecule has 0 amide bonds. The fraction of sp³-hybridized carbons (Fsp3) is 0.235. The number of ether oxygens (including phenoxy) is 1. The van der Waals surface area contributed by atoms with Gasteiger partial charge in [-0.15, -0.1) is 0 Å². The van der Waals surface area contributed by atoms with E-state index in [0.29, 0.717) is 11.7 Å². The molecule has 2 aromatic rings. The van der Waals surface area contributed by atoms with Crippen LogP contribution in [0.1, 0.15) is 35.7 Å². The number of rotatable bonds is 4. The van der Waals surface area contributed by atoms with Crippen molar-refractivity contribution in [1.82, 2.24) is 0 Å². The maximum Gasteiger partial charge on any atom is 0.335 e.